The van der Waals surface area contributed by atoms with Crippen LogP contribution in [0.5, 0.6) is 0 Å². The minimum atomic E-state index is -2.87. The van der Waals surface area contributed by atoms with Gasteiger partial charge in [-0.15, -0.1) is 0 Å². The number of piperazine rings is 1. The summed E-state index contributed by atoms with van der Waals surface area (Å²) in [5.74, 6) is 0.533. The zero-order chi connectivity index (χ0) is 20.3. The van der Waals surface area contributed by atoms with E-state index < -0.39 is 9.84 Å². The summed E-state index contributed by atoms with van der Waals surface area (Å²) in [4.78, 5) is 16.5. The second-order valence-corrected chi connectivity index (χ2v) is 9.94. The molecule has 3 heterocycles. The summed E-state index contributed by atoms with van der Waals surface area (Å²) in [6.07, 6.45) is 7.79. The van der Waals surface area contributed by atoms with E-state index in [9.17, 15) is 13.2 Å². The number of carbonyl (C=O) groups excluding carboxylic acids is 1. The van der Waals surface area contributed by atoms with E-state index in [4.69, 9.17) is 0 Å². The maximum Gasteiger partial charge on any atom is 0.246 e. The fourth-order valence-corrected chi connectivity index (χ4v) is 5.73. The third-order valence-electron chi connectivity index (χ3n) is 5.61. The molecule has 29 heavy (non-hydrogen) atoms. The van der Waals surface area contributed by atoms with Crippen molar-refractivity contribution in [1.29, 1.82) is 0 Å². The van der Waals surface area contributed by atoms with Gasteiger partial charge < -0.3 is 4.90 Å². The first kappa shape index (κ1) is 19.8. The van der Waals surface area contributed by atoms with Crippen LogP contribution in [0.3, 0.4) is 0 Å². The molecule has 0 bridgehead atoms. The number of amides is 1. The van der Waals surface area contributed by atoms with E-state index in [0.29, 0.717) is 26.1 Å². The van der Waals surface area contributed by atoms with Crippen LogP contribution in [-0.4, -0.2) is 77.6 Å². The van der Waals surface area contributed by atoms with Crippen molar-refractivity contribution in [2.75, 3.05) is 37.7 Å². The Morgan fingerprint density at radius 3 is 2.59 bits per heavy atom. The highest BCUT2D eigenvalue weighted by Gasteiger charge is 2.34. The molecule has 1 amide bonds. The Labute approximate surface area is 171 Å². The second-order valence-electron chi connectivity index (χ2n) is 7.71. The third kappa shape index (κ3) is 5.13. The lowest BCUT2D eigenvalue weighted by molar-refractivity contribution is -0.127. The fourth-order valence-electron chi connectivity index (χ4n) is 3.97. The average Bonchev–Trinajstić information content (AvgIpc) is 3.33. The quantitative estimate of drug-likeness (QED) is 0.689. The molecule has 2 fully saturated rings. The molecular formula is C21H26N4O3S. The predicted molar refractivity (Wildman–Crippen MR) is 112 cm³/mol. The molecule has 2 aliphatic rings. The van der Waals surface area contributed by atoms with Gasteiger partial charge >= 0.3 is 0 Å². The van der Waals surface area contributed by atoms with Crippen molar-refractivity contribution < 1.29 is 13.2 Å². The smallest absolute Gasteiger partial charge is 0.246 e. The van der Waals surface area contributed by atoms with Gasteiger partial charge in [0.25, 0.3) is 0 Å². The molecule has 1 unspecified atom stereocenters. The van der Waals surface area contributed by atoms with Crippen molar-refractivity contribution >= 4 is 21.8 Å². The minimum Gasteiger partial charge on any atom is -0.337 e. The molecule has 0 radical (unpaired) electrons. The molecular weight excluding hydrogens is 388 g/mol. The van der Waals surface area contributed by atoms with Gasteiger partial charge in [0.2, 0.25) is 5.91 Å². The lowest BCUT2D eigenvalue weighted by Crippen LogP contribution is -2.52. The summed E-state index contributed by atoms with van der Waals surface area (Å²) in [6.45, 7) is 3.42. The zero-order valence-electron chi connectivity index (χ0n) is 16.4. The lowest BCUT2D eigenvalue weighted by Gasteiger charge is -2.37. The van der Waals surface area contributed by atoms with E-state index in [1.807, 2.05) is 34.0 Å². The molecule has 0 aliphatic carbocycles. The van der Waals surface area contributed by atoms with Crippen LogP contribution in [0.25, 0.3) is 6.08 Å². The van der Waals surface area contributed by atoms with Gasteiger partial charge in [0.15, 0.2) is 9.84 Å². The molecule has 0 N–H and O–H groups in total. The molecule has 2 aromatic rings. The van der Waals surface area contributed by atoms with Crippen LogP contribution in [0.1, 0.15) is 17.5 Å². The predicted octanol–water partition coefficient (Wildman–Crippen LogP) is 1.28. The van der Waals surface area contributed by atoms with Crippen LogP contribution < -0.4 is 0 Å². The van der Waals surface area contributed by atoms with Crippen molar-refractivity contribution in [3.63, 3.8) is 0 Å². The number of sulfone groups is 1. The summed E-state index contributed by atoms with van der Waals surface area (Å²) in [5, 5.41) is 4.35. The van der Waals surface area contributed by atoms with Crippen LogP contribution in [0.2, 0.25) is 0 Å². The fraction of sp³-hybridized carbons (Fsp3) is 0.429. The highest BCUT2D eigenvalue weighted by Crippen LogP contribution is 2.19. The number of hydrogen-bond acceptors (Lipinski definition) is 5. The number of rotatable bonds is 5. The normalized spacial score (nSPS) is 22.3. The van der Waals surface area contributed by atoms with Crippen molar-refractivity contribution in [2.45, 2.75) is 19.0 Å². The molecule has 0 saturated carbocycles. The van der Waals surface area contributed by atoms with Gasteiger partial charge in [0, 0.05) is 50.1 Å². The first-order chi connectivity index (χ1) is 14.0. The van der Waals surface area contributed by atoms with E-state index >= 15 is 0 Å². The second kappa shape index (κ2) is 8.51. The lowest BCUT2D eigenvalue weighted by atomic mass is 10.2. The minimum absolute atomic E-state index is 0.0143. The maximum atomic E-state index is 12.5. The monoisotopic (exact) mass is 414 g/mol. The molecule has 2 saturated heterocycles. The average molecular weight is 415 g/mol. The number of hydrogen-bond donors (Lipinski definition) is 0. The van der Waals surface area contributed by atoms with Gasteiger partial charge in [-0.1, -0.05) is 30.3 Å². The van der Waals surface area contributed by atoms with Crippen molar-refractivity contribution in [3.05, 3.63) is 59.9 Å². The van der Waals surface area contributed by atoms with Crippen molar-refractivity contribution in [2.24, 2.45) is 0 Å². The zero-order valence-corrected chi connectivity index (χ0v) is 17.2. The Bertz CT molecular complexity index is 976. The standard InChI is InChI=1S/C21H26N4O3S/c26-21(24-11-9-23(10-12-24)20-8-13-29(27,28)17-20)7-6-19-14-22-25(16-19)15-18-4-2-1-3-5-18/h1-7,14,16,20H,8-13,15,17H2/b7-6+. The summed E-state index contributed by atoms with van der Waals surface area (Å²) in [7, 11) is -2.87. The van der Waals surface area contributed by atoms with E-state index in [1.165, 1.54) is 5.56 Å². The number of nitrogens with zero attached hydrogens (tertiary/aromatic N) is 4. The Morgan fingerprint density at radius 2 is 1.90 bits per heavy atom. The molecule has 2 aliphatic heterocycles. The molecule has 1 aromatic heterocycles. The van der Waals surface area contributed by atoms with Gasteiger partial charge in [-0.05, 0) is 18.1 Å². The Balaban J connectivity index is 1.27. The number of carbonyl (C=O) groups is 1. The number of benzene rings is 1. The van der Waals surface area contributed by atoms with Crippen molar-refractivity contribution in [3.8, 4) is 0 Å². The Hall–Kier alpha value is -2.45. The summed E-state index contributed by atoms with van der Waals surface area (Å²) in [5.41, 5.74) is 2.07. The van der Waals surface area contributed by atoms with E-state index in [2.05, 4.69) is 22.1 Å². The van der Waals surface area contributed by atoms with Gasteiger partial charge in [0.1, 0.15) is 0 Å². The topological polar surface area (TPSA) is 75.5 Å². The largest absolute Gasteiger partial charge is 0.337 e. The summed E-state index contributed by atoms with van der Waals surface area (Å²) < 4.78 is 25.2. The van der Waals surface area contributed by atoms with E-state index in [1.54, 1.807) is 18.3 Å². The van der Waals surface area contributed by atoms with Crippen molar-refractivity contribution in [1.82, 2.24) is 19.6 Å². The van der Waals surface area contributed by atoms with Gasteiger partial charge in [-0.2, -0.15) is 5.10 Å². The molecule has 0 spiro atoms. The summed E-state index contributed by atoms with van der Waals surface area (Å²) in [6, 6.07) is 10.2. The van der Waals surface area contributed by atoms with Crippen LogP contribution in [0.15, 0.2) is 48.8 Å². The van der Waals surface area contributed by atoms with Crippen LogP contribution in [0.4, 0.5) is 0 Å². The highest BCUT2D eigenvalue weighted by molar-refractivity contribution is 7.91. The van der Waals surface area contributed by atoms with Gasteiger partial charge in [-0.25, -0.2) is 8.42 Å². The first-order valence-corrected chi connectivity index (χ1v) is 11.8. The number of aromatic nitrogens is 2. The summed E-state index contributed by atoms with van der Waals surface area (Å²) >= 11 is 0. The van der Waals surface area contributed by atoms with E-state index in [0.717, 1.165) is 18.7 Å². The molecule has 154 valence electrons. The Morgan fingerprint density at radius 1 is 1.14 bits per heavy atom. The molecule has 1 aromatic carbocycles. The SMILES string of the molecule is O=C(/C=C/c1cnn(Cc2ccccc2)c1)N1CCN(C2CCS(=O)(=O)C2)CC1. The first-order valence-electron chi connectivity index (χ1n) is 9.96. The maximum absolute atomic E-state index is 12.5. The van der Waals surface area contributed by atoms with Crippen LogP contribution in [0, 0.1) is 0 Å². The van der Waals surface area contributed by atoms with Gasteiger partial charge in [0.05, 0.1) is 24.2 Å². The van der Waals surface area contributed by atoms with Crippen LogP contribution >= 0.6 is 0 Å². The van der Waals surface area contributed by atoms with E-state index in [-0.39, 0.29) is 23.5 Å². The van der Waals surface area contributed by atoms with Crippen LogP contribution in [-0.2, 0) is 21.2 Å². The molecule has 1 atom stereocenters. The third-order valence-corrected chi connectivity index (χ3v) is 7.36. The molecule has 7 nitrogen and oxygen atoms in total. The Kier molecular flexibility index (Phi) is 5.82. The van der Waals surface area contributed by atoms with Gasteiger partial charge in [-0.3, -0.25) is 14.4 Å². The molecule has 4 rings (SSSR count). The molecule has 8 heteroatoms. The highest BCUT2D eigenvalue weighted by atomic mass is 32.2.